The quantitative estimate of drug-likeness (QED) is 0.749. The molecule has 0 bridgehead atoms. The lowest BCUT2D eigenvalue weighted by Gasteiger charge is -2.40. The molecular formula is C12H24N2O. The van der Waals surface area contributed by atoms with E-state index in [1.165, 1.54) is 19.4 Å². The minimum Gasteiger partial charge on any atom is -0.361 e. The number of rotatable bonds is 2. The fourth-order valence-corrected chi connectivity index (χ4v) is 2.64. The van der Waals surface area contributed by atoms with Crippen molar-refractivity contribution in [1.82, 2.24) is 10.2 Å². The fraction of sp³-hybridized carbons (Fsp3) is 1.00. The van der Waals surface area contributed by atoms with Crippen molar-refractivity contribution in [1.29, 1.82) is 0 Å². The van der Waals surface area contributed by atoms with Gasteiger partial charge in [-0.3, -0.25) is 10.2 Å². The zero-order valence-corrected chi connectivity index (χ0v) is 10.3. The number of nitrogens with one attached hydrogen (secondary N) is 1. The van der Waals surface area contributed by atoms with E-state index < -0.39 is 0 Å². The lowest BCUT2D eigenvalue weighted by Crippen LogP contribution is -2.55. The number of ether oxygens (including phenoxy) is 1. The van der Waals surface area contributed by atoms with Gasteiger partial charge in [-0.25, -0.2) is 0 Å². The molecule has 15 heavy (non-hydrogen) atoms. The molecule has 2 unspecified atom stereocenters. The minimum absolute atomic E-state index is 0.264. The van der Waals surface area contributed by atoms with Gasteiger partial charge in [0, 0.05) is 18.0 Å². The number of hydrogen-bond acceptors (Lipinski definition) is 3. The third-order valence-electron chi connectivity index (χ3n) is 3.61. The highest BCUT2D eigenvalue weighted by Gasteiger charge is 2.36. The van der Waals surface area contributed by atoms with Crippen LogP contribution in [0.5, 0.6) is 0 Å². The lowest BCUT2D eigenvalue weighted by molar-refractivity contribution is -0.0888. The maximum Gasteiger partial charge on any atom is 0.123 e. The topological polar surface area (TPSA) is 24.5 Å². The van der Waals surface area contributed by atoms with E-state index in [2.05, 4.69) is 31.0 Å². The molecule has 2 aliphatic heterocycles. The van der Waals surface area contributed by atoms with Crippen LogP contribution in [0.15, 0.2) is 0 Å². The first kappa shape index (κ1) is 11.4. The van der Waals surface area contributed by atoms with E-state index >= 15 is 0 Å². The Bertz CT molecular complexity index is 208. The Hall–Kier alpha value is -0.120. The van der Waals surface area contributed by atoms with E-state index in [1.807, 2.05) is 0 Å². The predicted octanol–water partition coefficient (Wildman–Crippen LogP) is 1.44. The molecule has 0 saturated carbocycles. The van der Waals surface area contributed by atoms with Crippen LogP contribution in [0.25, 0.3) is 0 Å². The summed E-state index contributed by atoms with van der Waals surface area (Å²) in [4.78, 5) is 2.54. The highest BCUT2D eigenvalue weighted by Crippen LogP contribution is 2.26. The van der Waals surface area contributed by atoms with Crippen molar-refractivity contribution < 1.29 is 4.74 Å². The molecular weight excluding hydrogens is 188 g/mol. The normalized spacial score (nSPS) is 37.0. The van der Waals surface area contributed by atoms with Crippen LogP contribution in [0.4, 0.5) is 0 Å². The Labute approximate surface area is 93.2 Å². The highest BCUT2D eigenvalue weighted by molar-refractivity contribution is 4.88. The summed E-state index contributed by atoms with van der Waals surface area (Å²) in [5, 5.41) is 3.55. The Morgan fingerprint density at radius 1 is 1.47 bits per heavy atom. The average Bonchev–Trinajstić information content (AvgIpc) is 2.65. The maximum atomic E-state index is 5.96. The fourth-order valence-electron chi connectivity index (χ4n) is 2.64. The van der Waals surface area contributed by atoms with Gasteiger partial charge in [0.05, 0.1) is 6.61 Å². The Balaban J connectivity index is 1.89. The Kier molecular flexibility index (Phi) is 3.33. The van der Waals surface area contributed by atoms with Crippen LogP contribution in [0, 0.1) is 5.41 Å². The van der Waals surface area contributed by atoms with Gasteiger partial charge in [0.25, 0.3) is 0 Å². The molecule has 0 amide bonds. The molecule has 0 aromatic rings. The van der Waals surface area contributed by atoms with Crippen LogP contribution in [0.2, 0.25) is 0 Å². The molecule has 2 aliphatic rings. The third kappa shape index (κ3) is 2.52. The molecule has 0 aliphatic carbocycles. The Morgan fingerprint density at radius 3 is 2.87 bits per heavy atom. The van der Waals surface area contributed by atoms with Crippen LogP contribution in [-0.2, 0) is 4.74 Å². The SMILES string of the molecule is CCN1CCCC1C1NCC(C)(C)CO1. The van der Waals surface area contributed by atoms with Crippen molar-refractivity contribution in [2.45, 2.75) is 45.9 Å². The van der Waals surface area contributed by atoms with Gasteiger partial charge >= 0.3 is 0 Å². The van der Waals surface area contributed by atoms with Crippen molar-refractivity contribution in [3.8, 4) is 0 Å². The molecule has 1 N–H and O–H groups in total. The Morgan fingerprint density at radius 2 is 2.27 bits per heavy atom. The second-order valence-electron chi connectivity index (χ2n) is 5.61. The van der Waals surface area contributed by atoms with E-state index in [1.54, 1.807) is 0 Å². The molecule has 0 radical (unpaired) electrons. The summed E-state index contributed by atoms with van der Waals surface area (Å²) >= 11 is 0. The predicted molar refractivity (Wildman–Crippen MR) is 61.8 cm³/mol. The highest BCUT2D eigenvalue weighted by atomic mass is 16.5. The van der Waals surface area contributed by atoms with Gasteiger partial charge in [-0.15, -0.1) is 0 Å². The maximum absolute atomic E-state index is 5.96. The van der Waals surface area contributed by atoms with Crippen LogP contribution in [0.1, 0.15) is 33.6 Å². The molecule has 2 rings (SSSR count). The van der Waals surface area contributed by atoms with Crippen molar-refractivity contribution in [3.05, 3.63) is 0 Å². The molecule has 3 nitrogen and oxygen atoms in total. The van der Waals surface area contributed by atoms with E-state index in [0.29, 0.717) is 11.5 Å². The van der Waals surface area contributed by atoms with Gasteiger partial charge in [-0.2, -0.15) is 0 Å². The first-order valence-corrected chi connectivity index (χ1v) is 6.21. The van der Waals surface area contributed by atoms with Crippen molar-refractivity contribution >= 4 is 0 Å². The van der Waals surface area contributed by atoms with Gasteiger partial charge in [-0.1, -0.05) is 20.8 Å². The van der Waals surface area contributed by atoms with Gasteiger partial charge < -0.3 is 4.74 Å². The van der Waals surface area contributed by atoms with E-state index in [9.17, 15) is 0 Å². The summed E-state index contributed by atoms with van der Waals surface area (Å²) in [5.41, 5.74) is 0.298. The van der Waals surface area contributed by atoms with Crippen LogP contribution in [-0.4, -0.2) is 43.4 Å². The van der Waals surface area contributed by atoms with E-state index in [4.69, 9.17) is 4.74 Å². The molecule has 0 aromatic heterocycles. The number of nitrogens with zero attached hydrogens (tertiary/aromatic N) is 1. The lowest BCUT2D eigenvalue weighted by atomic mass is 9.93. The van der Waals surface area contributed by atoms with Crippen LogP contribution < -0.4 is 5.32 Å². The van der Waals surface area contributed by atoms with Crippen LogP contribution >= 0.6 is 0 Å². The first-order valence-electron chi connectivity index (χ1n) is 6.21. The van der Waals surface area contributed by atoms with Gasteiger partial charge in [-0.05, 0) is 25.9 Å². The summed E-state index contributed by atoms with van der Waals surface area (Å²) in [5.74, 6) is 0. The third-order valence-corrected chi connectivity index (χ3v) is 3.61. The molecule has 88 valence electrons. The summed E-state index contributed by atoms with van der Waals surface area (Å²) < 4.78 is 5.96. The molecule has 2 fully saturated rings. The zero-order valence-electron chi connectivity index (χ0n) is 10.3. The number of likely N-dealkylation sites (N-methyl/N-ethyl adjacent to an activating group) is 1. The smallest absolute Gasteiger partial charge is 0.123 e. The van der Waals surface area contributed by atoms with Gasteiger partial charge in [0.15, 0.2) is 0 Å². The van der Waals surface area contributed by atoms with E-state index in [-0.39, 0.29) is 6.23 Å². The average molecular weight is 212 g/mol. The molecule has 2 heterocycles. The van der Waals surface area contributed by atoms with E-state index in [0.717, 1.165) is 19.7 Å². The number of hydrogen-bond donors (Lipinski definition) is 1. The second kappa shape index (κ2) is 4.40. The standard InChI is InChI=1S/C12H24N2O/c1-4-14-7-5-6-10(14)11-13-8-12(2,3)9-15-11/h10-11,13H,4-9H2,1-3H3. The minimum atomic E-state index is 0.264. The van der Waals surface area contributed by atoms with Crippen LogP contribution in [0.3, 0.4) is 0 Å². The van der Waals surface area contributed by atoms with Crippen molar-refractivity contribution in [2.75, 3.05) is 26.2 Å². The monoisotopic (exact) mass is 212 g/mol. The zero-order chi connectivity index (χ0) is 10.9. The summed E-state index contributed by atoms with van der Waals surface area (Å²) in [6.45, 7) is 11.1. The molecule has 3 heteroatoms. The molecule has 2 atom stereocenters. The summed E-state index contributed by atoms with van der Waals surface area (Å²) in [6.07, 6.45) is 2.87. The molecule has 0 aromatic carbocycles. The number of likely N-dealkylation sites (tertiary alicyclic amines) is 1. The second-order valence-corrected chi connectivity index (χ2v) is 5.61. The van der Waals surface area contributed by atoms with Gasteiger partial charge in [0.2, 0.25) is 0 Å². The largest absolute Gasteiger partial charge is 0.361 e. The van der Waals surface area contributed by atoms with Gasteiger partial charge in [0.1, 0.15) is 6.23 Å². The molecule has 2 saturated heterocycles. The van der Waals surface area contributed by atoms with Crippen molar-refractivity contribution in [2.24, 2.45) is 5.41 Å². The summed E-state index contributed by atoms with van der Waals surface area (Å²) in [7, 11) is 0. The van der Waals surface area contributed by atoms with Crippen molar-refractivity contribution in [3.63, 3.8) is 0 Å². The molecule has 0 spiro atoms. The first-order chi connectivity index (χ1) is 7.12. The summed E-state index contributed by atoms with van der Waals surface area (Å²) in [6, 6.07) is 0.603.